The number of hydrogen-bond acceptors (Lipinski definition) is 3. The number of aromatic nitrogens is 1. The molecular formula is C9H9NOS. The number of aryl methyl sites for hydroxylation is 1. The lowest BCUT2D eigenvalue weighted by Crippen LogP contribution is -1.86. The van der Waals surface area contributed by atoms with Crippen LogP contribution in [-0.4, -0.2) is 15.8 Å². The maximum Gasteiger partial charge on any atom is 0.155 e. The van der Waals surface area contributed by atoms with Gasteiger partial charge in [0.25, 0.3) is 0 Å². The summed E-state index contributed by atoms with van der Waals surface area (Å²) in [5.41, 5.74) is 1.26. The van der Waals surface area contributed by atoms with Gasteiger partial charge in [-0.1, -0.05) is 5.92 Å². The molecule has 0 atom stereocenters. The maximum atomic E-state index is 9.27. The summed E-state index contributed by atoms with van der Waals surface area (Å²) in [5, 5.41) is 9.27. The molecule has 1 rings (SSSR count). The zero-order valence-electron chi connectivity index (χ0n) is 6.70. The summed E-state index contributed by atoms with van der Waals surface area (Å²) in [7, 11) is 0. The van der Waals surface area contributed by atoms with E-state index < -0.39 is 0 Å². The highest BCUT2D eigenvalue weighted by molar-refractivity contribution is 7.80. The van der Waals surface area contributed by atoms with Crippen LogP contribution in [0.1, 0.15) is 11.4 Å². The van der Waals surface area contributed by atoms with E-state index in [1.54, 1.807) is 12.1 Å². The molecule has 0 saturated heterocycles. The van der Waals surface area contributed by atoms with Crippen LogP contribution in [0.3, 0.4) is 0 Å². The molecular weight excluding hydrogens is 170 g/mol. The number of rotatable bonds is 0. The van der Waals surface area contributed by atoms with Gasteiger partial charge in [-0.3, -0.25) is 0 Å². The Morgan fingerprint density at radius 3 is 3.00 bits per heavy atom. The van der Waals surface area contributed by atoms with Crippen LogP contribution in [-0.2, 0) is 0 Å². The molecule has 3 heteroatoms. The zero-order chi connectivity index (χ0) is 8.97. The number of hydrogen-bond donors (Lipinski definition) is 2. The Hall–Kier alpha value is -1.14. The molecule has 62 valence electrons. The van der Waals surface area contributed by atoms with Gasteiger partial charge < -0.3 is 5.11 Å². The normalized spacial score (nSPS) is 8.83. The monoisotopic (exact) mass is 179 g/mol. The van der Waals surface area contributed by atoms with Crippen molar-refractivity contribution in [3.63, 3.8) is 0 Å². The number of aromatic hydroxyl groups is 1. The summed E-state index contributed by atoms with van der Waals surface area (Å²) in [6.45, 7) is 1.85. The first-order valence-electron chi connectivity index (χ1n) is 3.50. The van der Waals surface area contributed by atoms with E-state index in [-0.39, 0.29) is 5.75 Å². The molecule has 0 amide bonds. The molecule has 0 aromatic carbocycles. The van der Waals surface area contributed by atoms with E-state index in [2.05, 4.69) is 29.5 Å². The second-order valence-electron chi connectivity index (χ2n) is 2.28. The molecule has 0 saturated carbocycles. The Morgan fingerprint density at radius 1 is 1.58 bits per heavy atom. The summed E-state index contributed by atoms with van der Waals surface area (Å²) >= 11 is 3.93. The van der Waals surface area contributed by atoms with Crippen molar-refractivity contribution in [2.24, 2.45) is 0 Å². The minimum Gasteiger partial charge on any atom is -0.505 e. The van der Waals surface area contributed by atoms with Gasteiger partial charge in [-0.15, -0.1) is 0 Å². The van der Waals surface area contributed by atoms with E-state index in [9.17, 15) is 5.11 Å². The van der Waals surface area contributed by atoms with Gasteiger partial charge in [-0.2, -0.15) is 12.6 Å². The van der Waals surface area contributed by atoms with Crippen molar-refractivity contribution in [1.29, 1.82) is 0 Å². The summed E-state index contributed by atoms with van der Waals surface area (Å²) < 4.78 is 0. The first-order valence-corrected chi connectivity index (χ1v) is 4.13. The fourth-order valence-electron chi connectivity index (χ4n) is 0.765. The lowest BCUT2D eigenvalue weighted by molar-refractivity contribution is 0.470. The smallest absolute Gasteiger partial charge is 0.155 e. The van der Waals surface area contributed by atoms with Gasteiger partial charge in [0.2, 0.25) is 0 Å². The Labute approximate surface area is 77.1 Å². The average Bonchev–Trinajstić information content (AvgIpc) is 2.07. The fraction of sp³-hybridized carbons (Fsp3) is 0.222. The SMILES string of the molecule is Cc1ccc(O)c(C#CCS)n1. The Balaban J connectivity index is 3.05. The van der Waals surface area contributed by atoms with Crippen LogP contribution in [0.4, 0.5) is 0 Å². The minimum atomic E-state index is 0.120. The van der Waals surface area contributed by atoms with Crippen LogP contribution >= 0.6 is 12.6 Å². The van der Waals surface area contributed by atoms with E-state index >= 15 is 0 Å². The molecule has 0 aliphatic heterocycles. The van der Waals surface area contributed by atoms with Gasteiger partial charge in [0, 0.05) is 5.69 Å². The highest BCUT2D eigenvalue weighted by Crippen LogP contribution is 2.12. The second kappa shape index (κ2) is 4.03. The fourth-order valence-corrected chi connectivity index (χ4v) is 0.844. The maximum absolute atomic E-state index is 9.27. The zero-order valence-corrected chi connectivity index (χ0v) is 7.60. The van der Waals surface area contributed by atoms with Crippen LogP contribution in [0, 0.1) is 18.8 Å². The van der Waals surface area contributed by atoms with Crippen molar-refractivity contribution in [1.82, 2.24) is 4.98 Å². The molecule has 1 aromatic heterocycles. The first-order chi connectivity index (χ1) is 5.74. The van der Waals surface area contributed by atoms with E-state index in [1.807, 2.05) is 6.92 Å². The quantitative estimate of drug-likeness (QED) is 0.466. The topological polar surface area (TPSA) is 33.1 Å². The van der Waals surface area contributed by atoms with Gasteiger partial charge in [-0.05, 0) is 25.0 Å². The highest BCUT2D eigenvalue weighted by atomic mass is 32.1. The lowest BCUT2D eigenvalue weighted by atomic mass is 10.3. The van der Waals surface area contributed by atoms with Gasteiger partial charge in [0.05, 0.1) is 5.75 Å². The number of nitrogens with zero attached hydrogens (tertiary/aromatic N) is 1. The van der Waals surface area contributed by atoms with Crippen molar-refractivity contribution in [2.75, 3.05) is 5.75 Å². The van der Waals surface area contributed by atoms with E-state index in [4.69, 9.17) is 0 Å². The first kappa shape index (κ1) is 8.95. The third kappa shape index (κ3) is 2.18. The van der Waals surface area contributed by atoms with Gasteiger partial charge in [-0.25, -0.2) is 4.98 Å². The van der Waals surface area contributed by atoms with Crippen LogP contribution in [0.15, 0.2) is 12.1 Å². The molecule has 0 aliphatic carbocycles. The van der Waals surface area contributed by atoms with Gasteiger partial charge in [0.15, 0.2) is 5.69 Å². The summed E-state index contributed by atoms with van der Waals surface area (Å²) in [4.78, 5) is 4.05. The Bertz CT molecular complexity index is 338. The van der Waals surface area contributed by atoms with Crippen LogP contribution in [0.2, 0.25) is 0 Å². The van der Waals surface area contributed by atoms with Crippen LogP contribution in [0.25, 0.3) is 0 Å². The molecule has 0 bridgehead atoms. The third-order valence-electron chi connectivity index (χ3n) is 1.30. The predicted molar refractivity (Wildman–Crippen MR) is 51.4 cm³/mol. The van der Waals surface area contributed by atoms with Crippen molar-refractivity contribution in [2.45, 2.75) is 6.92 Å². The Morgan fingerprint density at radius 2 is 2.33 bits per heavy atom. The number of pyridine rings is 1. The van der Waals surface area contributed by atoms with Gasteiger partial charge >= 0.3 is 0 Å². The summed E-state index contributed by atoms with van der Waals surface area (Å²) in [6.07, 6.45) is 0. The van der Waals surface area contributed by atoms with Crippen molar-refractivity contribution in [3.05, 3.63) is 23.5 Å². The Kier molecular flexibility index (Phi) is 3.01. The van der Waals surface area contributed by atoms with Crippen molar-refractivity contribution >= 4 is 12.6 Å². The molecule has 0 unspecified atom stereocenters. The molecule has 0 spiro atoms. The largest absolute Gasteiger partial charge is 0.505 e. The average molecular weight is 179 g/mol. The lowest BCUT2D eigenvalue weighted by Gasteiger charge is -1.96. The minimum absolute atomic E-state index is 0.120. The highest BCUT2D eigenvalue weighted by Gasteiger charge is 1.97. The van der Waals surface area contributed by atoms with Gasteiger partial charge in [0.1, 0.15) is 5.75 Å². The van der Waals surface area contributed by atoms with E-state index in [0.29, 0.717) is 11.4 Å². The number of thiol groups is 1. The van der Waals surface area contributed by atoms with E-state index in [0.717, 1.165) is 5.69 Å². The van der Waals surface area contributed by atoms with Crippen molar-refractivity contribution in [3.8, 4) is 17.6 Å². The molecule has 0 radical (unpaired) electrons. The van der Waals surface area contributed by atoms with Crippen molar-refractivity contribution < 1.29 is 5.11 Å². The predicted octanol–water partition coefficient (Wildman–Crippen LogP) is 1.38. The standard InChI is InChI=1S/C9H9NOS/c1-7-4-5-9(11)8(10-7)3-2-6-12/h4-5,11-12H,6H2,1H3. The molecule has 0 fully saturated rings. The molecule has 12 heavy (non-hydrogen) atoms. The molecule has 1 N–H and O–H groups in total. The third-order valence-corrected chi connectivity index (χ3v) is 1.46. The second-order valence-corrected chi connectivity index (χ2v) is 2.60. The van der Waals surface area contributed by atoms with Crippen LogP contribution in [0.5, 0.6) is 5.75 Å². The molecule has 1 heterocycles. The summed E-state index contributed by atoms with van der Waals surface area (Å²) in [6, 6.07) is 3.33. The molecule has 1 aromatic rings. The van der Waals surface area contributed by atoms with E-state index in [1.165, 1.54) is 0 Å². The molecule has 2 nitrogen and oxygen atoms in total. The molecule has 0 aliphatic rings. The summed E-state index contributed by atoms with van der Waals surface area (Å²) in [5.74, 6) is 6.03. The van der Waals surface area contributed by atoms with Crippen LogP contribution < -0.4 is 0 Å².